The zero-order valence-corrected chi connectivity index (χ0v) is 17.7. The predicted molar refractivity (Wildman–Crippen MR) is 108 cm³/mol. The van der Waals surface area contributed by atoms with Gasteiger partial charge in [-0.25, -0.2) is 4.39 Å². The van der Waals surface area contributed by atoms with Gasteiger partial charge in [-0.15, -0.1) is 5.10 Å². The average Bonchev–Trinajstić information content (AvgIpc) is 3.14. The lowest BCUT2D eigenvalue weighted by molar-refractivity contribution is 0.102. The molecule has 3 aromatic rings. The van der Waals surface area contributed by atoms with E-state index < -0.39 is 11.7 Å². The number of tetrazole rings is 1. The van der Waals surface area contributed by atoms with E-state index in [1.165, 1.54) is 30.0 Å². The molecule has 29 heavy (non-hydrogen) atoms. The van der Waals surface area contributed by atoms with Crippen molar-refractivity contribution in [2.24, 2.45) is 0 Å². The number of nitrogens with zero attached hydrogens (tertiary/aromatic N) is 4. The maximum absolute atomic E-state index is 14.3. The number of hydrogen-bond acceptors (Lipinski definition) is 6. The van der Waals surface area contributed by atoms with Crippen molar-refractivity contribution in [3.8, 4) is 17.2 Å². The van der Waals surface area contributed by atoms with Gasteiger partial charge in [0.25, 0.3) is 5.91 Å². The standard InChI is InChI=1S/C19H19BrFN5O3/c1-4-7-29-18-14(20)8-12(9-17(18)28-3)19(27)22-16-10-13(5-6-15(16)21)26-11(2)23-24-25-26/h5-6,8-10H,4,7H2,1-3H3,(H,22,27). The van der Waals surface area contributed by atoms with Crippen LogP contribution in [0.25, 0.3) is 5.69 Å². The first-order chi connectivity index (χ1) is 13.9. The number of methoxy groups -OCH3 is 1. The molecule has 2 aromatic carbocycles. The van der Waals surface area contributed by atoms with E-state index in [0.717, 1.165) is 6.42 Å². The summed E-state index contributed by atoms with van der Waals surface area (Å²) in [5.74, 6) is 0.354. The highest BCUT2D eigenvalue weighted by Crippen LogP contribution is 2.37. The van der Waals surface area contributed by atoms with Crippen LogP contribution in [0.15, 0.2) is 34.8 Å². The van der Waals surface area contributed by atoms with Gasteiger partial charge in [0, 0.05) is 5.56 Å². The van der Waals surface area contributed by atoms with E-state index in [2.05, 4.69) is 36.8 Å². The molecule has 0 fully saturated rings. The van der Waals surface area contributed by atoms with Crippen molar-refractivity contribution in [3.05, 3.63) is 52.0 Å². The van der Waals surface area contributed by atoms with Gasteiger partial charge in [0.2, 0.25) is 0 Å². The highest BCUT2D eigenvalue weighted by molar-refractivity contribution is 9.10. The number of carbonyl (C=O) groups excluding carboxylic acids is 1. The second-order valence-corrected chi connectivity index (χ2v) is 6.95. The van der Waals surface area contributed by atoms with Gasteiger partial charge < -0.3 is 14.8 Å². The Hall–Kier alpha value is -3.01. The number of aromatic nitrogens is 4. The van der Waals surface area contributed by atoms with Crippen molar-refractivity contribution in [2.45, 2.75) is 20.3 Å². The van der Waals surface area contributed by atoms with Gasteiger partial charge in [0.15, 0.2) is 17.3 Å². The normalized spacial score (nSPS) is 10.7. The van der Waals surface area contributed by atoms with E-state index in [1.54, 1.807) is 19.1 Å². The number of nitrogens with one attached hydrogen (secondary N) is 1. The summed E-state index contributed by atoms with van der Waals surface area (Å²) in [6, 6.07) is 7.36. The van der Waals surface area contributed by atoms with Gasteiger partial charge in [-0.3, -0.25) is 4.79 Å². The Morgan fingerprint density at radius 3 is 2.76 bits per heavy atom. The van der Waals surface area contributed by atoms with E-state index >= 15 is 0 Å². The van der Waals surface area contributed by atoms with E-state index in [-0.39, 0.29) is 11.3 Å². The molecule has 1 aromatic heterocycles. The number of amides is 1. The van der Waals surface area contributed by atoms with Crippen LogP contribution in [0.1, 0.15) is 29.5 Å². The van der Waals surface area contributed by atoms with E-state index in [0.29, 0.717) is 34.1 Å². The molecule has 152 valence electrons. The Morgan fingerprint density at radius 2 is 2.10 bits per heavy atom. The lowest BCUT2D eigenvalue weighted by Crippen LogP contribution is -2.14. The molecule has 0 atom stereocenters. The third-order valence-corrected chi connectivity index (χ3v) is 4.60. The maximum atomic E-state index is 14.3. The summed E-state index contributed by atoms with van der Waals surface area (Å²) in [4.78, 5) is 12.7. The van der Waals surface area contributed by atoms with Crippen LogP contribution in [0.5, 0.6) is 11.5 Å². The van der Waals surface area contributed by atoms with Crippen molar-refractivity contribution in [3.63, 3.8) is 0 Å². The number of ether oxygens (including phenoxy) is 2. The molecule has 0 unspecified atom stereocenters. The summed E-state index contributed by atoms with van der Waals surface area (Å²) in [5, 5.41) is 13.8. The molecule has 0 spiro atoms. The van der Waals surface area contributed by atoms with Crippen molar-refractivity contribution in [1.29, 1.82) is 0 Å². The van der Waals surface area contributed by atoms with Crippen molar-refractivity contribution in [1.82, 2.24) is 20.2 Å². The highest BCUT2D eigenvalue weighted by atomic mass is 79.9. The summed E-state index contributed by atoms with van der Waals surface area (Å²) in [6.07, 6.45) is 0.828. The first-order valence-corrected chi connectivity index (χ1v) is 9.60. The van der Waals surface area contributed by atoms with Gasteiger partial charge in [0.05, 0.1) is 29.6 Å². The minimum Gasteiger partial charge on any atom is -0.493 e. The molecule has 1 heterocycles. The Balaban J connectivity index is 1.89. The Morgan fingerprint density at radius 1 is 1.31 bits per heavy atom. The van der Waals surface area contributed by atoms with Crippen LogP contribution < -0.4 is 14.8 Å². The number of carbonyl (C=O) groups is 1. The van der Waals surface area contributed by atoms with Crippen molar-refractivity contribution >= 4 is 27.5 Å². The van der Waals surface area contributed by atoms with Crippen LogP contribution >= 0.6 is 15.9 Å². The molecule has 1 amide bonds. The molecule has 0 radical (unpaired) electrons. The summed E-state index contributed by atoms with van der Waals surface area (Å²) < 4.78 is 27.3. The predicted octanol–water partition coefficient (Wildman–Crippen LogP) is 3.92. The molecule has 8 nitrogen and oxygen atoms in total. The number of rotatable bonds is 7. The minimum atomic E-state index is -0.582. The van der Waals surface area contributed by atoms with Crippen LogP contribution in [0.3, 0.4) is 0 Å². The van der Waals surface area contributed by atoms with Gasteiger partial charge in [-0.1, -0.05) is 6.92 Å². The second-order valence-electron chi connectivity index (χ2n) is 6.09. The third-order valence-electron chi connectivity index (χ3n) is 4.01. The first kappa shape index (κ1) is 20.7. The van der Waals surface area contributed by atoms with E-state index in [9.17, 15) is 9.18 Å². The maximum Gasteiger partial charge on any atom is 0.255 e. The molecule has 0 aliphatic rings. The lowest BCUT2D eigenvalue weighted by Gasteiger charge is -2.14. The largest absolute Gasteiger partial charge is 0.493 e. The zero-order valence-electron chi connectivity index (χ0n) is 16.1. The average molecular weight is 464 g/mol. The molecule has 3 rings (SSSR count). The van der Waals surface area contributed by atoms with Crippen LogP contribution in [-0.4, -0.2) is 39.8 Å². The van der Waals surface area contributed by atoms with Crippen molar-refractivity contribution in [2.75, 3.05) is 19.0 Å². The molecule has 0 aliphatic carbocycles. The van der Waals surface area contributed by atoms with Crippen LogP contribution in [0, 0.1) is 12.7 Å². The topological polar surface area (TPSA) is 91.2 Å². The van der Waals surface area contributed by atoms with Crippen LogP contribution in [-0.2, 0) is 0 Å². The summed E-state index contributed by atoms with van der Waals surface area (Å²) >= 11 is 3.40. The summed E-state index contributed by atoms with van der Waals surface area (Å²) in [5.41, 5.74) is 0.802. The quantitative estimate of drug-likeness (QED) is 0.570. The fourth-order valence-electron chi connectivity index (χ4n) is 2.60. The van der Waals surface area contributed by atoms with Gasteiger partial charge in [-0.05, 0) is 70.0 Å². The van der Waals surface area contributed by atoms with E-state index in [1.807, 2.05) is 6.92 Å². The molecular weight excluding hydrogens is 445 g/mol. The van der Waals surface area contributed by atoms with Crippen LogP contribution in [0.4, 0.5) is 10.1 Å². The van der Waals surface area contributed by atoms with E-state index in [4.69, 9.17) is 9.47 Å². The number of anilines is 1. The highest BCUT2D eigenvalue weighted by Gasteiger charge is 2.17. The Bertz CT molecular complexity index is 1040. The third kappa shape index (κ3) is 4.53. The summed E-state index contributed by atoms with van der Waals surface area (Å²) in [7, 11) is 1.49. The van der Waals surface area contributed by atoms with Gasteiger partial charge in [-0.2, -0.15) is 4.68 Å². The first-order valence-electron chi connectivity index (χ1n) is 8.81. The molecular formula is C19H19BrFN5O3. The van der Waals surface area contributed by atoms with Crippen LogP contribution in [0.2, 0.25) is 0 Å². The molecule has 0 saturated heterocycles. The minimum absolute atomic E-state index is 0.00352. The molecule has 0 bridgehead atoms. The zero-order chi connectivity index (χ0) is 21.0. The lowest BCUT2D eigenvalue weighted by atomic mass is 10.1. The fraction of sp³-hybridized carbons (Fsp3) is 0.263. The smallest absolute Gasteiger partial charge is 0.255 e. The molecule has 0 saturated carbocycles. The van der Waals surface area contributed by atoms with Crippen molar-refractivity contribution < 1.29 is 18.7 Å². The van der Waals surface area contributed by atoms with Gasteiger partial charge in [0.1, 0.15) is 5.82 Å². The molecule has 10 heteroatoms. The number of hydrogen-bond donors (Lipinski definition) is 1. The second kappa shape index (κ2) is 8.99. The SMILES string of the molecule is CCCOc1c(Br)cc(C(=O)Nc2cc(-n3nnnc3C)ccc2F)cc1OC. The number of aryl methyl sites for hydroxylation is 1. The molecule has 1 N–H and O–H groups in total. The Labute approximate surface area is 175 Å². The Kier molecular flexibility index (Phi) is 6.42. The number of halogens is 2. The monoisotopic (exact) mass is 463 g/mol. The fourth-order valence-corrected chi connectivity index (χ4v) is 3.16. The van der Waals surface area contributed by atoms with Gasteiger partial charge >= 0.3 is 0 Å². The summed E-state index contributed by atoms with van der Waals surface area (Å²) in [6.45, 7) is 4.21. The number of benzene rings is 2. The molecule has 0 aliphatic heterocycles.